The van der Waals surface area contributed by atoms with Gasteiger partial charge in [-0.3, -0.25) is 10.1 Å². The van der Waals surface area contributed by atoms with E-state index in [0.717, 1.165) is 6.42 Å². The largest absolute Gasteiger partial charge is 0.479 e. The predicted molar refractivity (Wildman–Crippen MR) is 88.9 cm³/mol. The summed E-state index contributed by atoms with van der Waals surface area (Å²) in [5.74, 6) is -0.994. The molecule has 0 heterocycles. The minimum atomic E-state index is -0.909. The van der Waals surface area contributed by atoms with E-state index in [-0.39, 0.29) is 6.04 Å². The van der Waals surface area contributed by atoms with Crippen LogP contribution in [0.3, 0.4) is 0 Å². The lowest BCUT2D eigenvalue weighted by Gasteiger charge is -2.14. The van der Waals surface area contributed by atoms with Gasteiger partial charge in [-0.2, -0.15) is 0 Å². The number of urea groups is 1. The lowest BCUT2D eigenvalue weighted by atomic mass is 10.3. The lowest BCUT2D eigenvalue weighted by Crippen LogP contribution is -2.45. The minimum Gasteiger partial charge on any atom is -0.479 e. The number of imide groups is 1. The Hall–Kier alpha value is -2.28. The molecule has 2 N–H and O–H groups in total. The van der Waals surface area contributed by atoms with Gasteiger partial charge in [0.2, 0.25) is 0 Å². The second kappa shape index (κ2) is 9.77. The van der Waals surface area contributed by atoms with Crippen molar-refractivity contribution in [2.24, 2.45) is 0 Å². The van der Waals surface area contributed by atoms with Crippen LogP contribution in [0.2, 0.25) is 5.02 Å². The lowest BCUT2D eigenvalue weighted by molar-refractivity contribution is -0.154. The number of nitrogens with one attached hydrogen (secondary N) is 2. The van der Waals surface area contributed by atoms with E-state index < -0.39 is 30.6 Å². The fraction of sp³-hybridized carbons (Fsp3) is 0.438. The normalized spacial score (nSPS) is 12.7. The molecule has 3 amide bonds. The van der Waals surface area contributed by atoms with E-state index >= 15 is 0 Å². The molecule has 0 aliphatic carbocycles. The molecule has 0 saturated heterocycles. The Morgan fingerprint density at radius 3 is 2.38 bits per heavy atom. The van der Waals surface area contributed by atoms with Gasteiger partial charge in [-0.25, -0.2) is 9.59 Å². The Morgan fingerprint density at radius 2 is 1.79 bits per heavy atom. The molecule has 0 aromatic heterocycles. The number of carbonyl (C=O) groups is 3. The van der Waals surface area contributed by atoms with E-state index in [1.54, 1.807) is 31.2 Å². The topological polar surface area (TPSA) is 93.7 Å². The number of benzene rings is 1. The summed E-state index contributed by atoms with van der Waals surface area (Å²) in [6.45, 7) is 4.63. The first-order valence-electron chi connectivity index (χ1n) is 7.51. The van der Waals surface area contributed by atoms with Crippen LogP contribution in [-0.2, 0) is 14.3 Å². The highest BCUT2D eigenvalue weighted by Crippen LogP contribution is 2.17. The Bertz CT molecular complexity index is 576. The van der Waals surface area contributed by atoms with Crippen LogP contribution in [0, 0.1) is 0 Å². The molecule has 8 heteroatoms. The van der Waals surface area contributed by atoms with Crippen molar-refractivity contribution in [2.45, 2.75) is 39.3 Å². The van der Waals surface area contributed by atoms with Crippen LogP contribution < -0.4 is 15.4 Å². The second-order valence-electron chi connectivity index (χ2n) is 5.15. The number of esters is 1. The summed E-state index contributed by atoms with van der Waals surface area (Å²) >= 11 is 5.75. The molecule has 0 spiro atoms. The molecular formula is C16H21ClN2O5. The molecule has 0 radical (unpaired) electrons. The van der Waals surface area contributed by atoms with E-state index in [1.165, 1.54) is 6.92 Å². The molecule has 1 aromatic rings. The van der Waals surface area contributed by atoms with Crippen molar-refractivity contribution in [3.05, 3.63) is 29.3 Å². The van der Waals surface area contributed by atoms with E-state index in [0.29, 0.717) is 10.8 Å². The Kier molecular flexibility index (Phi) is 8.05. The number of halogens is 1. The van der Waals surface area contributed by atoms with Crippen LogP contribution in [0.5, 0.6) is 5.75 Å². The molecule has 132 valence electrons. The molecular weight excluding hydrogens is 336 g/mol. The van der Waals surface area contributed by atoms with Gasteiger partial charge in [0.1, 0.15) is 5.75 Å². The molecule has 7 nitrogen and oxygen atoms in total. The molecule has 0 unspecified atom stereocenters. The molecule has 0 aliphatic rings. The van der Waals surface area contributed by atoms with E-state index in [1.807, 2.05) is 6.92 Å². The van der Waals surface area contributed by atoms with Gasteiger partial charge in [-0.15, -0.1) is 0 Å². The second-order valence-corrected chi connectivity index (χ2v) is 5.59. The predicted octanol–water partition coefficient (Wildman–Crippen LogP) is 2.27. The van der Waals surface area contributed by atoms with Crippen molar-refractivity contribution in [3.63, 3.8) is 0 Å². The fourth-order valence-electron chi connectivity index (χ4n) is 1.54. The number of hydrogen-bond donors (Lipinski definition) is 2. The maximum Gasteiger partial charge on any atom is 0.347 e. The van der Waals surface area contributed by atoms with Crippen LogP contribution in [0.15, 0.2) is 24.3 Å². The van der Waals surface area contributed by atoms with E-state index in [4.69, 9.17) is 21.1 Å². The van der Waals surface area contributed by atoms with Crippen molar-refractivity contribution >= 4 is 29.5 Å². The number of rotatable bonds is 7. The number of amides is 3. The third-order valence-corrected chi connectivity index (χ3v) is 3.30. The summed E-state index contributed by atoms with van der Waals surface area (Å²) in [7, 11) is 0. The summed E-state index contributed by atoms with van der Waals surface area (Å²) in [5.41, 5.74) is 0. The zero-order valence-electron chi connectivity index (χ0n) is 13.8. The maximum absolute atomic E-state index is 11.8. The zero-order chi connectivity index (χ0) is 18.1. The third kappa shape index (κ3) is 7.32. The number of carbonyl (C=O) groups excluding carboxylic acids is 3. The quantitative estimate of drug-likeness (QED) is 0.731. The number of ether oxygens (including phenoxy) is 2. The monoisotopic (exact) mass is 356 g/mol. The molecule has 0 aliphatic heterocycles. The molecule has 24 heavy (non-hydrogen) atoms. The molecule has 0 saturated carbocycles. The summed E-state index contributed by atoms with van der Waals surface area (Å²) in [6, 6.07) is 5.77. The average molecular weight is 357 g/mol. The van der Waals surface area contributed by atoms with E-state index in [2.05, 4.69) is 10.6 Å². The first kappa shape index (κ1) is 19.8. The summed E-state index contributed by atoms with van der Waals surface area (Å²) < 4.78 is 10.2. The average Bonchev–Trinajstić information content (AvgIpc) is 2.54. The van der Waals surface area contributed by atoms with Crippen LogP contribution in [0.1, 0.15) is 27.2 Å². The van der Waals surface area contributed by atoms with Gasteiger partial charge >= 0.3 is 12.0 Å². The SMILES string of the molecule is CC[C@@H](C)NC(=O)NC(=O)COC(=O)[C@@H](C)Oc1ccc(Cl)cc1. The summed E-state index contributed by atoms with van der Waals surface area (Å²) in [5, 5.41) is 5.18. The first-order chi connectivity index (χ1) is 11.3. The van der Waals surface area contributed by atoms with Crippen LogP contribution in [0.4, 0.5) is 4.79 Å². The smallest absolute Gasteiger partial charge is 0.347 e. The Morgan fingerprint density at radius 1 is 1.17 bits per heavy atom. The summed E-state index contributed by atoms with van der Waals surface area (Å²) in [4.78, 5) is 34.8. The Balaban J connectivity index is 2.35. The van der Waals surface area contributed by atoms with Gasteiger partial charge in [0, 0.05) is 11.1 Å². The highest BCUT2D eigenvalue weighted by Gasteiger charge is 2.18. The van der Waals surface area contributed by atoms with Crippen LogP contribution >= 0.6 is 11.6 Å². The fourth-order valence-corrected chi connectivity index (χ4v) is 1.67. The molecule has 0 bridgehead atoms. The first-order valence-corrected chi connectivity index (χ1v) is 7.88. The maximum atomic E-state index is 11.8. The highest BCUT2D eigenvalue weighted by molar-refractivity contribution is 6.30. The van der Waals surface area contributed by atoms with E-state index in [9.17, 15) is 14.4 Å². The molecule has 0 fully saturated rings. The minimum absolute atomic E-state index is 0.0619. The van der Waals surface area contributed by atoms with Gasteiger partial charge in [0.05, 0.1) is 0 Å². The zero-order valence-corrected chi connectivity index (χ0v) is 14.6. The van der Waals surface area contributed by atoms with Crippen molar-refractivity contribution in [1.82, 2.24) is 10.6 Å². The van der Waals surface area contributed by atoms with Crippen LogP contribution in [0.25, 0.3) is 0 Å². The highest BCUT2D eigenvalue weighted by atomic mass is 35.5. The van der Waals surface area contributed by atoms with Gasteiger partial charge in [0.15, 0.2) is 12.7 Å². The van der Waals surface area contributed by atoms with Gasteiger partial charge < -0.3 is 14.8 Å². The van der Waals surface area contributed by atoms with Crippen molar-refractivity contribution in [3.8, 4) is 5.75 Å². The molecule has 2 atom stereocenters. The van der Waals surface area contributed by atoms with Gasteiger partial charge in [0.25, 0.3) is 5.91 Å². The molecule has 1 aromatic carbocycles. The molecule has 1 rings (SSSR count). The van der Waals surface area contributed by atoms with Gasteiger partial charge in [-0.05, 0) is 44.5 Å². The Labute approximate surface area is 145 Å². The standard InChI is InChI=1S/C16H21ClN2O5/c1-4-10(2)18-16(22)19-14(20)9-23-15(21)11(3)24-13-7-5-12(17)6-8-13/h5-8,10-11H,4,9H2,1-3H3,(H2,18,19,20,22)/t10-,11-/m1/s1. The van der Waals surface area contributed by atoms with Crippen LogP contribution in [-0.4, -0.2) is 36.7 Å². The third-order valence-electron chi connectivity index (χ3n) is 3.05. The summed E-state index contributed by atoms with van der Waals surface area (Å²) in [6.07, 6.45) is -0.177. The number of hydrogen-bond acceptors (Lipinski definition) is 5. The van der Waals surface area contributed by atoms with Crippen molar-refractivity contribution in [2.75, 3.05) is 6.61 Å². The van der Waals surface area contributed by atoms with Crippen molar-refractivity contribution in [1.29, 1.82) is 0 Å². The van der Waals surface area contributed by atoms with Gasteiger partial charge in [-0.1, -0.05) is 18.5 Å². The van der Waals surface area contributed by atoms with Crippen molar-refractivity contribution < 1.29 is 23.9 Å².